The van der Waals surface area contributed by atoms with Crippen LogP contribution in [0.3, 0.4) is 0 Å². The predicted octanol–water partition coefficient (Wildman–Crippen LogP) is 5.63. The fraction of sp³-hybridized carbons (Fsp3) is 0.370. The molecule has 3 rings (SSSR count). The van der Waals surface area contributed by atoms with Crippen LogP contribution in [0.25, 0.3) is 0 Å². The van der Waals surface area contributed by atoms with E-state index in [-0.39, 0.29) is 20.4 Å². The summed E-state index contributed by atoms with van der Waals surface area (Å²) in [6.07, 6.45) is 10.9. The first-order valence-electron chi connectivity index (χ1n) is 12.6. The normalized spacial score (nSPS) is 10.7. The number of hydrogen-bond donors (Lipinski definition) is 3. The molecule has 8 nitrogen and oxygen atoms in total. The predicted molar refractivity (Wildman–Crippen MR) is 153 cm³/mol. The fourth-order valence-corrected chi connectivity index (χ4v) is 4.44. The van der Waals surface area contributed by atoms with E-state index in [1.54, 1.807) is 0 Å². The maximum Gasteiger partial charge on any atom is 0.170 e. The number of thiocarbonyl (C=S) groups is 1. The first-order chi connectivity index (χ1) is 18.2. The molecule has 0 atom stereocenters. The van der Waals surface area contributed by atoms with Gasteiger partial charge in [-0.25, -0.2) is 0 Å². The van der Waals surface area contributed by atoms with Gasteiger partial charge in [0.05, 0.1) is 23.4 Å². The Balaban J connectivity index is 0.00000507. The van der Waals surface area contributed by atoms with E-state index in [4.69, 9.17) is 18.1 Å². The van der Waals surface area contributed by atoms with Gasteiger partial charge in [0.15, 0.2) is 5.11 Å². The Morgan fingerprint density at radius 3 is 2.03 bits per heavy atom. The minimum Gasteiger partial charge on any atom is -0.362 e. The molecule has 0 saturated heterocycles. The Morgan fingerprint density at radius 1 is 0.842 bits per heavy atom. The van der Waals surface area contributed by atoms with Crippen LogP contribution in [-0.4, -0.2) is 33.1 Å². The van der Waals surface area contributed by atoms with Crippen LogP contribution in [-0.2, 0) is 42.8 Å². The SMILES string of the molecule is NOOSc1ccc(NC(=S)NCCCCCCCCN(Cc2ccccn2)Cc2ccccn2)cc1.[Re]. The van der Waals surface area contributed by atoms with E-state index >= 15 is 0 Å². The Morgan fingerprint density at radius 2 is 1.45 bits per heavy atom. The maximum atomic E-state index is 5.39. The number of nitrogens with two attached hydrogens (primary N) is 1. The van der Waals surface area contributed by atoms with Gasteiger partial charge in [-0.1, -0.05) is 37.8 Å². The zero-order valence-electron chi connectivity index (χ0n) is 21.4. The molecule has 4 N–H and O–H groups in total. The second-order valence-corrected chi connectivity index (χ2v) is 9.81. The summed E-state index contributed by atoms with van der Waals surface area (Å²) >= 11 is 6.43. The monoisotopic (exact) mass is 727 g/mol. The van der Waals surface area contributed by atoms with Crippen molar-refractivity contribution in [2.75, 3.05) is 18.4 Å². The second-order valence-electron chi connectivity index (χ2n) is 8.63. The molecular formula is C27H36N6O2ReS2. The van der Waals surface area contributed by atoms with Crippen molar-refractivity contribution >= 4 is 35.1 Å². The van der Waals surface area contributed by atoms with E-state index in [0.29, 0.717) is 5.11 Å². The van der Waals surface area contributed by atoms with Crippen molar-refractivity contribution in [2.45, 2.75) is 56.5 Å². The van der Waals surface area contributed by atoms with Crippen LogP contribution in [0.1, 0.15) is 49.9 Å². The number of hydrogen-bond acceptors (Lipinski definition) is 8. The largest absolute Gasteiger partial charge is 0.362 e. The minimum absolute atomic E-state index is 0. The van der Waals surface area contributed by atoms with Gasteiger partial charge in [0.25, 0.3) is 0 Å². The molecule has 0 aliphatic heterocycles. The van der Waals surface area contributed by atoms with Crippen LogP contribution in [0, 0.1) is 0 Å². The smallest absolute Gasteiger partial charge is 0.170 e. The maximum absolute atomic E-state index is 5.39. The molecule has 0 unspecified atom stereocenters. The molecule has 2 aromatic heterocycles. The fourth-order valence-electron chi connectivity index (χ4n) is 3.85. The van der Waals surface area contributed by atoms with Gasteiger partial charge in [-0.15, -0.1) is 9.32 Å². The van der Waals surface area contributed by atoms with Crippen molar-refractivity contribution in [3.05, 3.63) is 84.4 Å². The van der Waals surface area contributed by atoms with Gasteiger partial charge >= 0.3 is 0 Å². The van der Waals surface area contributed by atoms with Crippen molar-refractivity contribution in [1.29, 1.82) is 0 Å². The number of aromatic nitrogens is 2. The summed E-state index contributed by atoms with van der Waals surface area (Å²) in [5.74, 6) is 4.84. The molecule has 1 aromatic carbocycles. The standard InChI is InChI=1S/C27H36N6O2S2.Re/c28-34-35-37-26-15-13-23(14-16-26)32-27(36)31-19-7-3-1-2-4-10-20-33(21-24-11-5-8-17-29-24)22-25-12-6-9-18-30-25;/h5-6,8-9,11-18H,1-4,7,10,19-22,28H2,(H2,31,32,36);. The van der Waals surface area contributed by atoms with Crippen molar-refractivity contribution < 1.29 is 29.7 Å². The molecule has 0 aliphatic carbocycles. The molecule has 0 spiro atoms. The number of nitrogens with one attached hydrogen (secondary N) is 2. The van der Waals surface area contributed by atoms with Gasteiger partial charge in [-0.05, 0) is 80.1 Å². The average Bonchev–Trinajstić information content (AvgIpc) is 2.93. The van der Waals surface area contributed by atoms with Crippen molar-refractivity contribution in [3.63, 3.8) is 0 Å². The summed E-state index contributed by atoms with van der Waals surface area (Å²) in [6.45, 7) is 3.60. The van der Waals surface area contributed by atoms with E-state index in [1.165, 1.54) is 32.1 Å². The van der Waals surface area contributed by atoms with Gasteiger partial charge in [-0.2, -0.15) is 5.90 Å². The van der Waals surface area contributed by atoms with Gasteiger partial charge in [0, 0.05) is 63.0 Å². The van der Waals surface area contributed by atoms with E-state index in [0.717, 1.165) is 66.6 Å². The molecule has 0 saturated carbocycles. The van der Waals surface area contributed by atoms with Crippen LogP contribution >= 0.6 is 24.3 Å². The van der Waals surface area contributed by atoms with Crippen molar-refractivity contribution in [2.24, 2.45) is 5.90 Å². The molecule has 0 aliphatic rings. The van der Waals surface area contributed by atoms with Crippen LogP contribution in [0.15, 0.2) is 78.0 Å². The Bertz CT molecular complexity index is 978. The van der Waals surface area contributed by atoms with E-state index in [2.05, 4.69) is 47.0 Å². The quantitative estimate of drug-likeness (QED) is 0.0534. The van der Waals surface area contributed by atoms with Gasteiger partial charge < -0.3 is 10.6 Å². The molecule has 38 heavy (non-hydrogen) atoms. The van der Waals surface area contributed by atoms with Crippen LogP contribution in [0.5, 0.6) is 0 Å². The Labute approximate surface area is 249 Å². The third-order valence-corrected chi connectivity index (χ3v) is 6.55. The third-order valence-electron chi connectivity index (χ3n) is 5.69. The van der Waals surface area contributed by atoms with Crippen molar-refractivity contribution in [1.82, 2.24) is 20.2 Å². The van der Waals surface area contributed by atoms with Gasteiger partial charge in [0.1, 0.15) is 0 Å². The van der Waals surface area contributed by atoms with Gasteiger partial charge in [-0.3, -0.25) is 14.9 Å². The summed E-state index contributed by atoms with van der Waals surface area (Å²) in [6, 6.07) is 19.8. The summed E-state index contributed by atoms with van der Waals surface area (Å²) in [5, 5.41) is 7.10. The number of unbranched alkanes of at least 4 members (excludes halogenated alkanes) is 5. The summed E-state index contributed by atoms with van der Waals surface area (Å²) < 4.78 is 4.63. The zero-order valence-corrected chi connectivity index (χ0v) is 25.8. The second kappa shape index (κ2) is 20.0. The van der Waals surface area contributed by atoms with Gasteiger partial charge in [0.2, 0.25) is 0 Å². The molecule has 1 radical (unpaired) electrons. The van der Waals surface area contributed by atoms with E-state index < -0.39 is 0 Å². The first-order valence-corrected chi connectivity index (χ1v) is 13.7. The van der Waals surface area contributed by atoms with E-state index in [1.807, 2.05) is 60.9 Å². The molecular weight excluding hydrogens is 691 g/mol. The topological polar surface area (TPSA) is 97.6 Å². The number of benzene rings is 1. The number of rotatable bonds is 17. The minimum atomic E-state index is 0. The third kappa shape index (κ3) is 13.7. The van der Waals surface area contributed by atoms with Crippen molar-refractivity contribution in [3.8, 4) is 0 Å². The van der Waals surface area contributed by atoms with Crippen LogP contribution < -0.4 is 16.5 Å². The molecule has 0 bridgehead atoms. The molecule has 0 fully saturated rings. The van der Waals surface area contributed by atoms with E-state index in [9.17, 15) is 0 Å². The number of nitrogens with zero attached hydrogens (tertiary/aromatic N) is 3. The molecule has 11 heteroatoms. The molecule has 0 amide bonds. The van der Waals surface area contributed by atoms with Crippen LogP contribution in [0.2, 0.25) is 0 Å². The Kier molecular flexibility index (Phi) is 17.0. The number of pyridine rings is 2. The molecule has 205 valence electrons. The average molecular weight is 727 g/mol. The zero-order chi connectivity index (χ0) is 26.0. The summed E-state index contributed by atoms with van der Waals surface area (Å²) in [5.41, 5.74) is 3.11. The van der Waals surface area contributed by atoms with Crippen LogP contribution in [0.4, 0.5) is 5.69 Å². The number of anilines is 1. The summed E-state index contributed by atoms with van der Waals surface area (Å²) in [4.78, 5) is 16.4. The first kappa shape index (κ1) is 32.3. The Hall–Kier alpha value is -1.94. The summed E-state index contributed by atoms with van der Waals surface area (Å²) in [7, 11) is 0. The molecule has 2 heterocycles. The molecule has 3 aromatic rings.